The third-order valence-corrected chi connectivity index (χ3v) is 4.34. The Hall–Kier alpha value is -1.43. The largest absolute Gasteiger partial charge is 0.291 e. The van der Waals surface area contributed by atoms with Gasteiger partial charge in [-0.2, -0.15) is 5.10 Å². The maximum atomic E-state index is 11.7. The number of thiazole rings is 1. The standard InChI is InChI=1S/C12H7Cl2N3OS/c1-5-15-10-11(19-5)9(16-17-12(10)18)6-2-3-7(13)8(14)4-6/h2-4H,1H3,(H,17,18). The zero-order valence-corrected chi connectivity index (χ0v) is 12.0. The Labute approximate surface area is 122 Å². The average Bonchev–Trinajstić information content (AvgIpc) is 2.76. The molecule has 7 heteroatoms. The zero-order chi connectivity index (χ0) is 13.6. The summed E-state index contributed by atoms with van der Waals surface area (Å²) in [6, 6.07) is 5.23. The number of aromatic nitrogens is 3. The lowest BCUT2D eigenvalue weighted by molar-refractivity contribution is 1.01. The number of hydrogen-bond acceptors (Lipinski definition) is 4. The van der Waals surface area contributed by atoms with Crippen molar-refractivity contribution in [2.24, 2.45) is 0 Å². The number of rotatable bonds is 1. The van der Waals surface area contributed by atoms with Gasteiger partial charge >= 0.3 is 0 Å². The number of benzene rings is 1. The van der Waals surface area contributed by atoms with E-state index in [0.717, 1.165) is 15.3 Å². The topological polar surface area (TPSA) is 58.6 Å². The summed E-state index contributed by atoms with van der Waals surface area (Å²) in [4.78, 5) is 15.9. The number of nitrogens with zero attached hydrogens (tertiary/aromatic N) is 2. The van der Waals surface area contributed by atoms with Crippen LogP contribution in [0.15, 0.2) is 23.0 Å². The number of H-pyrrole nitrogens is 1. The van der Waals surface area contributed by atoms with Crippen LogP contribution < -0.4 is 5.56 Å². The van der Waals surface area contributed by atoms with Crippen molar-refractivity contribution < 1.29 is 0 Å². The van der Waals surface area contributed by atoms with Crippen molar-refractivity contribution in [3.63, 3.8) is 0 Å². The van der Waals surface area contributed by atoms with E-state index in [0.29, 0.717) is 21.3 Å². The predicted octanol–water partition coefficient (Wildman–Crippen LogP) is 3.66. The second-order valence-corrected chi connectivity index (χ2v) is 5.96. The molecular formula is C12H7Cl2N3OS. The van der Waals surface area contributed by atoms with Gasteiger partial charge in [-0.25, -0.2) is 10.1 Å². The summed E-state index contributed by atoms with van der Waals surface area (Å²) >= 11 is 13.3. The van der Waals surface area contributed by atoms with Crippen LogP contribution in [0.5, 0.6) is 0 Å². The summed E-state index contributed by atoms with van der Waals surface area (Å²) < 4.78 is 0.750. The highest BCUT2D eigenvalue weighted by Crippen LogP contribution is 2.32. The Kier molecular flexibility index (Phi) is 3.05. The van der Waals surface area contributed by atoms with E-state index in [9.17, 15) is 4.79 Å². The van der Waals surface area contributed by atoms with E-state index in [-0.39, 0.29) is 5.56 Å². The van der Waals surface area contributed by atoms with E-state index in [1.54, 1.807) is 12.1 Å². The Morgan fingerprint density at radius 1 is 1.26 bits per heavy atom. The van der Waals surface area contributed by atoms with Crippen LogP contribution in [0.3, 0.4) is 0 Å². The minimum Gasteiger partial charge on any atom is -0.265 e. The van der Waals surface area contributed by atoms with Gasteiger partial charge < -0.3 is 0 Å². The summed E-state index contributed by atoms with van der Waals surface area (Å²) in [6.07, 6.45) is 0. The third-order valence-electron chi connectivity index (χ3n) is 2.63. The second-order valence-electron chi connectivity index (χ2n) is 3.94. The van der Waals surface area contributed by atoms with E-state index >= 15 is 0 Å². The first-order valence-electron chi connectivity index (χ1n) is 5.37. The lowest BCUT2D eigenvalue weighted by Gasteiger charge is -2.02. The van der Waals surface area contributed by atoms with Crippen LogP contribution in [0.2, 0.25) is 10.0 Å². The molecule has 3 rings (SSSR count). The Morgan fingerprint density at radius 2 is 2.05 bits per heavy atom. The highest BCUT2D eigenvalue weighted by atomic mass is 35.5. The van der Waals surface area contributed by atoms with Gasteiger partial charge in [-0.05, 0) is 19.1 Å². The van der Waals surface area contributed by atoms with Crippen LogP contribution in [0.4, 0.5) is 0 Å². The number of aryl methyl sites for hydroxylation is 1. The molecule has 0 saturated carbocycles. The molecule has 0 radical (unpaired) electrons. The monoisotopic (exact) mass is 311 g/mol. The van der Waals surface area contributed by atoms with Gasteiger partial charge in [0.1, 0.15) is 5.69 Å². The molecule has 2 aromatic heterocycles. The maximum Gasteiger partial charge on any atom is 0.291 e. The van der Waals surface area contributed by atoms with Crippen LogP contribution in [0.25, 0.3) is 21.5 Å². The summed E-state index contributed by atoms with van der Waals surface area (Å²) in [5.74, 6) is 0. The van der Waals surface area contributed by atoms with Crippen molar-refractivity contribution in [1.29, 1.82) is 0 Å². The molecule has 0 unspecified atom stereocenters. The van der Waals surface area contributed by atoms with E-state index in [2.05, 4.69) is 15.2 Å². The summed E-state index contributed by atoms with van der Waals surface area (Å²) in [6.45, 7) is 1.85. The number of halogens is 2. The Morgan fingerprint density at radius 3 is 2.79 bits per heavy atom. The van der Waals surface area contributed by atoms with E-state index in [1.165, 1.54) is 11.3 Å². The van der Waals surface area contributed by atoms with Crippen molar-refractivity contribution >= 4 is 44.8 Å². The summed E-state index contributed by atoms with van der Waals surface area (Å²) in [5, 5.41) is 8.28. The van der Waals surface area contributed by atoms with Crippen molar-refractivity contribution in [2.45, 2.75) is 6.92 Å². The Balaban J connectivity index is 2.33. The van der Waals surface area contributed by atoms with Crippen molar-refractivity contribution in [2.75, 3.05) is 0 Å². The summed E-state index contributed by atoms with van der Waals surface area (Å²) in [7, 11) is 0. The SMILES string of the molecule is Cc1nc2c(=O)[nH]nc(-c3ccc(Cl)c(Cl)c3)c2s1. The molecule has 1 aromatic carbocycles. The fraction of sp³-hybridized carbons (Fsp3) is 0.0833. The van der Waals surface area contributed by atoms with Gasteiger partial charge in [0.25, 0.3) is 5.56 Å². The molecule has 96 valence electrons. The molecule has 0 fully saturated rings. The molecule has 0 saturated heterocycles. The quantitative estimate of drug-likeness (QED) is 0.746. The van der Waals surface area contributed by atoms with Gasteiger partial charge in [-0.1, -0.05) is 29.3 Å². The molecule has 0 spiro atoms. The molecule has 4 nitrogen and oxygen atoms in total. The van der Waals surface area contributed by atoms with E-state index in [1.807, 2.05) is 13.0 Å². The zero-order valence-electron chi connectivity index (χ0n) is 9.70. The third kappa shape index (κ3) is 2.14. The van der Waals surface area contributed by atoms with Crippen LogP contribution >= 0.6 is 34.5 Å². The molecule has 3 aromatic rings. The maximum absolute atomic E-state index is 11.7. The number of hydrogen-bond donors (Lipinski definition) is 1. The van der Waals surface area contributed by atoms with Gasteiger partial charge in [0.2, 0.25) is 0 Å². The predicted molar refractivity (Wildman–Crippen MR) is 78.2 cm³/mol. The smallest absolute Gasteiger partial charge is 0.265 e. The first kappa shape index (κ1) is 12.6. The molecular weight excluding hydrogens is 305 g/mol. The molecule has 19 heavy (non-hydrogen) atoms. The molecule has 0 atom stereocenters. The van der Waals surface area contributed by atoms with E-state index in [4.69, 9.17) is 23.2 Å². The molecule has 1 N–H and O–H groups in total. The van der Waals surface area contributed by atoms with Gasteiger partial charge in [0.05, 0.1) is 19.8 Å². The van der Waals surface area contributed by atoms with Gasteiger partial charge in [0.15, 0.2) is 5.52 Å². The molecule has 0 amide bonds. The number of fused-ring (bicyclic) bond motifs is 1. The van der Waals surface area contributed by atoms with Crippen LogP contribution in [-0.2, 0) is 0 Å². The fourth-order valence-electron chi connectivity index (χ4n) is 1.79. The Bertz CT molecular complexity index is 841. The van der Waals surface area contributed by atoms with Gasteiger partial charge in [0, 0.05) is 5.56 Å². The molecule has 0 bridgehead atoms. The van der Waals surface area contributed by atoms with E-state index < -0.39 is 0 Å². The highest BCUT2D eigenvalue weighted by molar-refractivity contribution is 7.19. The molecule has 0 aliphatic carbocycles. The van der Waals surface area contributed by atoms with Crippen LogP contribution in [0.1, 0.15) is 5.01 Å². The normalized spacial score (nSPS) is 11.1. The van der Waals surface area contributed by atoms with Crippen molar-refractivity contribution in [1.82, 2.24) is 15.2 Å². The first-order chi connectivity index (χ1) is 9.06. The minimum absolute atomic E-state index is 0.289. The lowest BCUT2D eigenvalue weighted by Crippen LogP contribution is -2.09. The van der Waals surface area contributed by atoms with Gasteiger partial charge in [-0.3, -0.25) is 4.79 Å². The number of aromatic amines is 1. The number of nitrogens with one attached hydrogen (secondary N) is 1. The van der Waals surface area contributed by atoms with Gasteiger partial charge in [-0.15, -0.1) is 11.3 Å². The average molecular weight is 312 g/mol. The highest BCUT2D eigenvalue weighted by Gasteiger charge is 2.13. The second kappa shape index (κ2) is 4.59. The fourth-order valence-corrected chi connectivity index (χ4v) is 3.02. The van der Waals surface area contributed by atoms with Crippen molar-refractivity contribution in [3.8, 4) is 11.3 Å². The molecule has 0 aliphatic rings. The minimum atomic E-state index is -0.289. The van der Waals surface area contributed by atoms with Crippen LogP contribution in [0, 0.1) is 6.92 Å². The first-order valence-corrected chi connectivity index (χ1v) is 6.95. The molecule has 0 aliphatic heterocycles. The lowest BCUT2D eigenvalue weighted by atomic mass is 10.1. The molecule has 2 heterocycles. The summed E-state index contributed by atoms with van der Waals surface area (Å²) in [5.41, 5.74) is 1.56. The van der Waals surface area contributed by atoms with Crippen LogP contribution in [-0.4, -0.2) is 15.2 Å². The van der Waals surface area contributed by atoms with Crippen molar-refractivity contribution in [3.05, 3.63) is 43.6 Å².